The molecule has 0 saturated heterocycles. The van der Waals surface area contributed by atoms with Gasteiger partial charge >= 0.3 is 0 Å². The molecule has 0 aromatic rings. The molecule has 0 fully saturated rings. The molecule has 4 N–H and O–H groups in total. The van der Waals surface area contributed by atoms with Crippen molar-refractivity contribution in [3.05, 3.63) is 0 Å². The molecule has 0 atom stereocenters. The standard InChI is InChI=1S/C2H6N2.ClHO/c1-2(3)4;1-2/h1H3,(H3,3,4);2H. The number of nitrogens with two attached hydrogens (primary N) is 1. The average Bonchev–Trinajstić information content (AvgIpc) is 1.41. The Balaban J connectivity index is 0. The number of hydrogen-bond donors (Lipinski definition) is 3. The Bertz CT molecular complexity index is 34.5. The van der Waals surface area contributed by atoms with Crippen molar-refractivity contribution in [1.82, 2.24) is 0 Å². The zero-order valence-corrected chi connectivity index (χ0v) is 4.16. The molecule has 0 aliphatic carbocycles. The molecular formula is C2H7ClN2O. The molecule has 0 aromatic carbocycles. The highest BCUT2D eigenvalue weighted by Gasteiger charge is 1.53. The highest BCUT2D eigenvalue weighted by molar-refractivity contribution is 6.04. The van der Waals surface area contributed by atoms with Gasteiger partial charge in [-0.3, -0.25) is 10.1 Å². The third kappa shape index (κ3) is 351. The summed E-state index contributed by atoms with van der Waals surface area (Å²) in [6.45, 7) is 1.53. The van der Waals surface area contributed by atoms with Gasteiger partial charge in [0, 0.05) is 0 Å². The summed E-state index contributed by atoms with van der Waals surface area (Å²) in [6.07, 6.45) is 0. The smallest absolute Gasteiger partial charge is 0.0873 e. The first-order valence-electron chi connectivity index (χ1n) is 1.21. The molecule has 0 saturated carbocycles. The minimum atomic E-state index is 0.167. The molecule has 4 heteroatoms. The number of rotatable bonds is 0. The number of nitrogens with one attached hydrogen (secondary N) is 1. The van der Waals surface area contributed by atoms with Crippen molar-refractivity contribution >= 4 is 17.7 Å². The molecule has 3 nitrogen and oxygen atoms in total. The third-order valence-corrected chi connectivity index (χ3v) is 0. The molecule has 0 unspecified atom stereocenters. The van der Waals surface area contributed by atoms with E-state index < -0.39 is 0 Å². The number of halogens is 1. The van der Waals surface area contributed by atoms with E-state index in [1.165, 1.54) is 6.92 Å². The normalized spacial score (nSPS) is 5.17. The van der Waals surface area contributed by atoms with Crippen LogP contribution in [0.2, 0.25) is 0 Å². The topological polar surface area (TPSA) is 70.1 Å². The van der Waals surface area contributed by atoms with E-state index in [9.17, 15) is 0 Å². The van der Waals surface area contributed by atoms with Crippen LogP contribution in [0.1, 0.15) is 6.92 Å². The van der Waals surface area contributed by atoms with E-state index in [1.54, 1.807) is 0 Å². The number of amidine groups is 1. The van der Waals surface area contributed by atoms with Gasteiger partial charge in [-0.05, 0) is 6.92 Å². The minimum absolute atomic E-state index is 0.167. The molecule has 0 amide bonds. The molecular weight excluding hydrogens is 103 g/mol. The Morgan fingerprint density at radius 3 is 1.83 bits per heavy atom. The summed E-state index contributed by atoms with van der Waals surface area (Å²) in [7, 11) is 0. The van der Waals surface area contributed by atoms with Crippen molar-refractivity contribution in [3.63, 3.8) is 0 Å². The van der Waals surface area contributed by atoms with Crippen molar-refractivity contribution in [2.45, 2.75) is 6.92 Å². The van der Waals surface area contributed by atoms with Crippen molar-refractivity contribution < 1.29 is 4.66 Å². The lowest BCUT2D eigenvalue weighted by Crippen LogP contribution is -2.00. The molecule has 6 heavy (non-hydrogen) atoms. The molecule has 0 aromatic heterocycles. The lowest BCUT2D eigenvalue weighted by atomic mass is 10.8. The summed E-state index contributed by atoms with van der Waals surface area (Å²) in [5, 5.41) is 6.28. The van der Waals surface area contributed by atoms with Crippen molar-refractivity contribution in [1.29, 1.82) is 5.41 Å². The lowest BCUT2D eigenvalue weighted by Gasteiger charge is -1.66. The van der Waals surface area contributed by atoms with Crippen LogP contribution in [0.4, 0.5) is 0 Å². The highest BCUT2D eigenvalue weighted by Crippen LogP contribution is 1.36. The Hall–Kier alpha value is -0.280. The van der Waals surface area contributed by atoms with Crippen molar-refractivity contribution in [2.75, 3.05) is 0 Å². The zero-order chi connectivity index (χ0) is 5.58. The number of hydrogen-bond acceptors (Lipinski definition) is 2. The van der Waals surface area contributed by atoms with Crippen LogP contribution in [0.15, 0.2) is 0 Å². The van der Waals surface area contributed by atoms with Gasteiger partial charge in [0.1, 0.15) is 0 Å². The summed E-state index contributed by atoms with van der Waals surface area (Å²) in [4.78, 5) is 0. The highest BCUT2D eigenvalue weighted by atomic mass is 35.5. The van der Waals surface area contributed by atoms with E-state index in [0.717, 1.165) is 0 Å². The monoisotopic (exact) mass is 110 g/mol. The molecule has 0 aliphatic rings. The molecule has 38 valence electrons. The van der Waals surface area contributed by atoms with Crippen LogP contribution >= 0.6 is 11.9 Å². The van der Waals surface area contributed by atoms with Gasteiger partial charge in [0.2, 0.25) is 0 Å². The first-order valence-corrected chi connectivity index (χ1v) is 1.55. The second-order valence-corrected chi connectivity index (χ2v) is 0.683. The molecule has 0 bridgehead atoms. The van der Waals surface area contributed by atoms with Gasteiger partial charge in [-0.2, -0.15) is 0 Å². The first-order chi connectivity index (χ1) is 2.73. The first kappa shape index (κ1) is 9.21. The third-order valence-electron chi connectivity index (χ3n) is 0. The van der Waals surface area contributed by atoms with Gasteiger partial charge in [0.05, 0.1) is 17.7 Å². The van der Waals surface area contributed by atoms with E-state index >= 15 is 0 Å². The van der Waals surface area contributed by atoms with Gasteiger partial charge in [-0.25, -0.2) is 0 Å². The van der Waals surface area contributed by atoms with Crippen molar-refractivity contribution in [2.24, 2.45) is 5.73 Å². The van der Waals surface area contributed by atoms with Crippen molar-refractivity contribution in [3.8, 4) is 0 Å². The predicted octanol–water partition coefficient (Wildman–Crippen LogP) is 0.0748. The maximum Gasteiger partial charge on any atom is 0.0873 e. The fourth-order valence-electron chi connectivity index (χ4n) is 0. The average molecular weight is 111 g/mol. The van der Waals surface area contributed by atoms with E-state index in [2.05, 4.69) is 11.9 Å². The van der Waals surface area contributed by atoms with Gasteiger partial charge in [0.25, 0.3) is 0 Å². The minimum Gasteiger partial charge on any atom is -0.388 e. The Labute approximate surface area is 41.4 Å². The quantitative estimate of drug-likeness (QED) is 0.305. The zero-order valence-electron chi connectivity index (χ0n) is 3.40. The van der Waals surface area contributed by atoms with Crippen LogP contribution in [0.5, 0.6) is 0 Å². The van der Waals surface area contributed by atoms with Gasteiger partial charge < -0.3 is 5.73 Å². The SMILES string of the molecule is CC(=N)N.OCl. The summed E-state index contributed by atoms with van der Waals surface area (Å²) >= 11 is 3.64. The van der Waals surface area contributed by atoms with E-state index in [0.29, 0.717) is 0 Å². The lowest BCUT2D eigenvalue weighted by molar-refractivity contribution is 0.632. The fraction of sp³-hybridized carbons (Fsp3) is 0.500. The predicted molar refractivity (Wildman–Crippen MR) is 25.7 cm³/mol. The second-order valence-electron chi connectivity index (χ2n) is 0.683. The summed E-state index contributed by atoms with van der Waals surface area (Å²) in [5.41, 5.74) is 4.69. The molecule has 0 rings (SSSR count). The molecule has 0 spiro atoms. The Morgan fingerprint density at radius 2 is 1.83 bits per heavy atom. The van der Waals surface area contributed by atoms with Crippen LogP contribution in [0.3, 0.4) is 0 Å². The van der Waals surface area contributed by atoms with Gasteiger partial charge in [0.15, 0.2) is 0 Å². The van der Waals surface area contributed by atoms with Crippen LogP contribution in [-0.2, 0) is 0 Å². The summed E-state index contributed by atoms with van der Waals surface area (Å²) in [5.74, 6) is 0.167. The summed E-state index contributed by atoms with van der Waals surface area (Å²) in [6, 6.07) is 0. The van der Waals surface area contributed by atoms with E-state index in [1.807, 2.05) is 0 Å². The second kappa shape index (κ2) is 8.83. The maximum absolute atomic E-state index is 6.47. The van der Waals surface area contributed by atoms with Crippen LogP contribution in [0, 0.1) is 5.41 Å². The molecule has 0 radical (unpaired) electrons. The fourth-order valence-corrected chi connectivity index (χ4v) is 0. The molecule has 0 aliphatic heterocycles. The van der Waals surface area contributed by atoms with Crippen LogP contribution in [-0.4, -0.2) is 10.5 Å². The molecule has 0 heterocycles. The Kier molecular flexibility index (Phi) is 13.5. The van der Waals surface area contributed by atoms with E-state index in [-0.39, 0.29) is 5.84 Å². The largest absolute Gasteiger partial charge is 0.388 e. The maximum atomic E-state index is 6.47. The van der Waals surface area contributed by atoms with Gasteiger partial charge in [-0.15, -0.1) is 0 Å². The van der Waals surface area contributed by atoms with Crippen LogP contribution < -0.4 is 5.73 Å². The van der Waals surface area contributed by atoms with Crippen LogP contribution in [0.25, 0.3) is 0 Å². The Morgan fingerprint density at radius 1 is 1.83 bits per heavy atom. The summed E-state index contributed by atoms with van der Waals surface area (Å²) < 4.78 is 6.47. The van der Waals surface area contributed by atoms with E-state index in [4.69, 9.17) is 15.8 Å². The van der Waals surface area contributed by atoms with Gasteiger partial charge in [-0.1, -0.05) is 0 Å².